The van der Waals surface area contributed by atoms with Crippen LogP contribution in [0.5, 0.6) is 0 Å². The SMILES string of the molecule is Cn1c(=O)n(C)c2cc(NC(=O)Cc3csc(-c4cc(Br)cs4)n3)ccc21. The van der Waals surface area contributed by atoms with Gasteiger partial charge in [-0.2, -0.15) is 0 Å². The Labute approximate surface area is 171 Å². The molecule has 0 bridgehead atoms. The number of carbonyl (C=O) groups is 1. The van der Waals surface area contributed by atoms with Gasteiger partial charge in [-0.15, -0.1) is 22.7 Å². The number of aryl methyl sites for hydroxylation is 2. The number of nitrogens with one attached hydrogen (secondary N) is 1. The van der Waals surface area contributed by atoms with Crippen LogP contribution in [0.4, 0.5) is 5.69 Å². The van der Waals surface area contributed by atoms with Gasteiger partial charge in [-0.05, 0) is 40.2 Å². The maximum Gasteiger partial charge on any atom is 0.328 e. The summed E-state index contributed by atoms with van der Waals surface area (Å²) >= 11 is 6.59. The summed E-state index contributed by atoms with van der Waals surface area (Å²) in [7, 11) is 3.45. The summed E-state index contributed by atoms with van der Waals surface area (Å²) in [4.78, 5) is 30.0. The van der Waals surface area contributed by atoms with E-state index in [9.17, 15) is 9.59 Å². The van der Waals surface area contributed by atoms with E-state index in [4.69, 9.17) is 0 Å². The lowest BCUT2D eigenvalue weighted by molar-refractivity contribution is -0.115. The number of hydrogen-bond acceptors (Lipinski definition) is 5. The third kappa shape index (κ3) is 3.50. The van der Waals surface area contributed by atoms with Crippen LogP contribution in [0.3, 0.4) is 0 Å². The summed E-state index contributed by atoms with van der Waals surface area (Å²) in [5, 5.41) is 7.72. The molecule has 4 rings (SSSR count). The number of nitrogens with zero attached hydrogens (tertiary/aromatic N) is 3. The Morgan fingerprint density at radius 2 is 1.93 bits per heavy atom. The van der Waals surface area contributed by atoms with Crippen LogP contribution in [0.15, 0.2) is 44.3 Å². The normalized spacial score (nSPS) is 11.2. The highest BCUT2D eigenvalue weighted by Crippen LogP contribution is 2.32. The van der Waals surface area contributed by atoms with Gasteiger partial charge >= 0.3 is 5.69 Å². The van der Waals surface area contributed by atoms with Crippen molar-refractivity contribution in [1.82, 2.24) is 14.1 Å². The van der Waals surface area contributed by atoms with Gasteiger partial charge in [-0.25, -0.2) is 9.78 Å². The van der Waals surface area contributed by atoms with Gasteiger partial charge in [0, 0.05) is 35.0 Å². The standard InChI is InChI=1S/C18H15BrN4O2S2/c1-22-13-4-3-11(6-14(13)23(2)18(22)25)20-16(24)7-12-9-27-17(21-12)15-5-10(19)8-26-15/h3-6,8-9H,7H2,1-2H3,(H,20,24). The Bertz CT molecular complexity index is 1220. The molecule has 0 fully saturated rings. The van der Waals surface area contributed by atoms with E-state index in [-0.39, 0.29) is 18.0 Å². The summed E-state index contributed by atoms with van der Waals surface area (Å²) in [6, 6.07) is 7.47. The molecular formula is C18H15BrN4O2S2. The first-order chi connectivity index (χ1) is 12.9. The van der Waals surface area contributed by atoms with Crippen molar-refractivity contribution in [3.8, 4) is 9.88 Å². The van der Waals surface area contributed by atoms with Crippen molar-refractivity contribution in [1.29, 1.82) is 0 Å². The quantitative estimate of drug-likeness (QED) is 0.498. The molecule has 0 radical (unpaired) electrons. The first kappa shape index (κ1) is 18.1. The molecule has 0 aliphatic rings. The molecule has 6 nitrogen and oxygen atoms in total. The molecule has 3 heterocycles. The van der Waals surface area contributed by atoms with Crippen LogP contribution in [-0.4, -0.2) is 20.0 Å². The minimum absolute atomic E-state index is 0.0938. The van der Waals surface area contributed by atoms with E-state index < -0.39 is 0 Å². The number of imidazole rings is 1. The van der Waals surface area contributed by atoms with E-state index in [0.29, 0.717) is 5.69 Å². The summed E-state index contributed by atoms with van der Waals surface area (Å²) in [5.74, 6) is -0.139. The van der Waals surface area contributed by atoms with Crippen LogP contribution in [0.1, 0.15) is 5.69 Å². The molecule has 4 aromatic rings. The Hall–Kier alpha value is -2.23. The zero-order valence-corrected chi connectivity index (χ0v) is 17.7. The average Bonchev–Trinajstić information content (AvgIpc) is 3.32. The second kappa shape index (κ2) is 7.06. The number of rotatable bonds is 4. The van der Waals surface area contributed by atoms with Crippen molar-refractivity contribution in [3.63, 3.8) is 0 Å². The first-order valence-corrected chi connectivity index (χ1v) is 10.6. The zero-order chi connectivity index (χ0) is 19.1. The molecule has 1 aromatic carbocycles. The lowest BCUT2D eigenvalue weighted by Crippen LogP contribution is -2.19. The Morgan fingerprint density at radius 1 is 1.15 bits per heavy atom. The number of hydrogen-bond donors (Lipinski definition) is 1. The maximum atomic E-state index is 12.4. The van der Waals surface area contributed by atoms with Gasteiger partial charge in [0.05, 0.1) is 28.0 Å². The lowest BCUT2D eigenvalue weighted by atomic mass is 10.2. The van der Waals surface area contributed by atoms with Crippen LogP contribution in [0.25, 0.3) is 20.9 Å². The lowest BCUT2D eigenvalue weighted by Gasteiger charge is -2.05. The number of anilines is 1. The summed E-state index contributed by atoms with van der Waals surface area (Å²) in [5.41, 5.74) is 2.91. The van der Waals surface area contributed by atoms with Crippen molar-refractivity contribution >= 4 is 61.2 Å². The third-order valence-electron chi connectivity index (χ3n) is 4.23. The van der Waals surface area contributed by atoms with Crippen LogP contribution in [0.2, 0.25) is 0 Å². The molecule has 1 amide bonds. The fourth-order valence-electron chi connectivity index (χ4n) is 2.88. The number of thiophene rings is 1. The van der Waals surface area contributed by atoms with Crippen molar-refractivity contribution < 1.29 is 4.79 Å². The minimum atomic E-state index is -0.139. The average molecular weight is 463 g/mol. The van der Waals surface area contributed by atoms with Crippen molar-refractivity contribution in [2.24, 2.45) is 14.1 Å². The fourth-order valence-corrected chi connectivity index (χ4v) is 5.21. The molecule has 1 N–H and O–H groups in total. The highest BCUT2D eigenvalue weighted by molar-refractivity contribution is 9.10. The number of aromatic nitrogens is 3. The number of halogens is 1. The largest absolute Gasteiger partial charge is 0.328 e. The zero-order valence-electron chi connectivity index (χ0n) is 14.5. The van der Waals surface area contributed by atoms with E-state index >= 15 is 0 Å². The van der Waals surface area contributed by atoms with E-state index in [0.717, 1.165) is 31.1 Å². The number of benzene rings is 1. The van der Waals surface area contributed by atoms with Crippen LogP contribution >= 0.6 is 38.6 Å². The molecule has 0 spiro atoms. The molecule has 0 saturated carbocycles. The fraction of sp³-hybridized carbons (Fsp3) is 0.167. The smallest absolute Gasteiger partial charge is 0.326 e. The van der Waals surface area contributed by atoms with E-state index in [1.165, 1.54) is 11.3 Å². The van der Waals surface area contributed by atoms with Crippen molar-refractivity contribution in [2.75, 3.05) is 5.32 Å². The van der Waals surface area contributed by atoms with Crippen LogP contribution in [-0.2, 0) is 25.3 Å². The summed E-state index contributed by atoms with van der Waals surface area (Å²) in [6.45, 7) is 0. The van der Waals surface area contributed by atoms with Gasteiger partial charge < -0.3 is 5.32 Å². The van der Waals surface area contributed by atoms with Crippen LogP contribution in [0, 0.1) is 0 Å². The van der Waals surface area contributed by atoms with Gasteiger partial charge in [0.2, 0.25) is 5.91 Å². The first-order valence-electron chi connectivity index (χ1n) is 8.06. The molecule has 3 aromatic heterocycles. The van der Waals surface area contributed by atoms with Crippen LogP contribution < -0.4 is 11.0 Å². The molecule has 0 unspecified atom stereocenters. The summed E-state index contributed by atoms with van der Waals surface area (Å²) in [6.07, 6.45) is 0.203. The van der Waals surface area contributed by atoms with Gasteiger partial charge in [0.25, 0.3) is 0 Å². The molecule has 9 heteroatoms. The maximum absolute atomic E-state index is 12.4. The Balaban J connectivity index is 1.50. The predicted octanol–water partition coefficient (Wildman–Crippen LogP) is 4.01. The highest BCUT2D eigenvalue weighted by Gasteiger charge is 2.12. The van der Waals surface area contributed by atoms with Gasteiger partial charge in [-0.3, -0.25) is 13.9 Å². The third-order valence-corrected chi connectivity index (χ3v) is 6.98. The minimum Gasteiger partial charge on any atom is -0.326 e. The number of thiazole rings is 1. The number of carbonyl (C=O) groups excluding carboxylic acids is 1. The van der Waals surface area contributed by atoms with E-state index in [1.807, 2.05) is 29.0 Å². The number of amides is 1. The predicted molar refractivity (Wildman–Crippen MR) is 114 cm³/mol. The molecule has 138 valence electrons. The van der Waals surface area contributed by atoms with Gasteiger partial charge in [-0.1, -0.05) is 0 Å². The molecule has 0 saturated heterocycles. The topological polar surface area (TPSA) is 68.9 Å². The van der Waals surface area contributed by atoms with Gasteiger partial charge in [0.1, 0.15) is 5.01 Å². The van der Waals surface area contributed by atoms with Gasteiger partial charge in [0.15, 0.2) is 0 Å². The Kier molecular flexibility index (Phi) is 4.75. The number of fused-ring (bicyclic) bond motifs is 1. The molecule has 0 atom stereocenters. The monoisotopic (exact) mass is 462 g/mol. The molecular weight excluding hydrogens is 448 g/mol. The highest BCUT2D eigenvalue weighted by atomic mass is 79.9. The molecule has 27 heavy (non-hydrogen) atoms. The second-order valence-electron chi connectivity index (χ2n) is 6.10. The molecule has 0 aliphatic carbocycles. The van der Waals surface area contributed by atoms with E-state index in [1.54, 1.807) is 40.6 Å². The van der Waals surface area contributed by atoms with Crippen molar-refractivity contribution in [3.05, 3.63) is 55.7 Å². The second-order valence-corrected chi connectivity index (χ2v) is 8.79. The summed E-state index contributed by atoms with van der Waals surface area (Å²) < 4.78 is 4.18. The Morgan fingerprint density at radius 3 is 2.67 bits per heavy atom. The van der Waals surface area contributed by atoms with E-state index in [2.05, 4.69) is 26.2 Å². The van der Waals surface area contributed by atoms with Crippen molar-refractivity contribution in [2.45, 2.75) is 6.42 Å². The molecule has 0 aliphatic heterocycles.